The van der Waals surface area contributed by atoms with E-state index in [0.717, 1.165) is 25.5 Å². The molecule has 1 aliphatic heterocycles. The Bertz CT molecular complexity index is 807. The first-order chi connectivity index (χ1) is 11.2. The quantitative estimate of drug-likeness (QED) is 0.736. The Morgan fingerprint density at radius 1 is 1.39 bits per heavy atom. The number of likely N-dealkylation sites (tertiary alicyclic amines) is 1. The van der Waals surface area contributed by atoms with Crippen LogP contribution in [0.5, 0.6) is 0 Å². The van der Waals surface area contributed by atoms with Gasteiger partial charge in [0, 0.05) is 42.5 Å². The van der Waals surface area contributed by atoms with E-state index in [4.69, 9.17) is 4.98 Å². The zero-order valence-electron chi connectivity index (χ0n) is 13.7. The standard InChI is InChI=1S/C18H22N4S/c1-14-20-16(17-22(14)9-10-23-17)18(2)6-4-8-21(13-18)12-15-5-3-7-19-11-15/h3,5,7,9-11H,4,6,8,12-13H2,1-2H3/t18-/m1/s1. The molecule has 1 saturated heterocycles. The van der Waals surface area contributed by atoms with Crippen molar-refractivity contribution in [3.63, 3.8) is 0 Å². The largest absolute Gasteiger partial charge is 0.298 e. The summed E-state index contributed by atoms with van der Waals surface area (Å²) in [5.74, 6) is 1.10. The van der Waals surface area contributed by atoms with E-state index in [1.165, 1.54) is 28.9 Å². The summed E-state index contributed by atoms with van der Waals surface area (Å²) >= 11 is 1.80. The lowest BCUT2D eigenvalue weighted by atomic mass is 9.79. The van der Waals surface area contributed by atoms with Crippen LogP contribution in [0, 0.1) is 6.92 Å². The van der Waals surface area contributed by atoms with Gasteiger partial charge in [0.25, 0.3) is 0 Å². The van der Waals surface area contributed by atoms with E-state index in [-0.39, 0.29) is 5.41 Å². The second-order valence-electron chi connectivity index (χ2n) is 6.82. The van der Waals surface area contributed by atoms with Crippen molar-refractivity contribution < 1.29 is 0 Å². The highest BCUT2D eigenvalue weighted by Gasteiger charge is 2.36. The number of thiazole rings is 1. The van der Waals surface area contributed by atoms with Gasteiger partial charge in [-0.2, -0.15) is 0 Å². The minimum absolute atomic E-state index is 0.130. The van der Waals surface area contributed by atoms with E-state index in [0.29, 0.717) is 0 Å². The number of piperidine rings is 1. The van der Waals surface area contributed by atoms with Crippen LogP contribution in [0.15, 0.2) is 36.1 Å². The Labute approximate surface area is 140 Å². The molecule has 0 N–H and O–H groups in total. The molecule has 1 aliphatic rings. The van der Waals surface area contributed by atoms with Crippen molar-refractivity contribution >= 4 is 16.2 Å². The summed E-state index contributed by atoms with van der Waals surface area (Å²) in [7, 11) is 0. The number of fused-ring (bicyclic) bond motifs is 1. The van der Waals surface area contributed by atoms with E-state index in [1.54, 1.807) is 11.3 Å². The number of aryl methyl sites for hydroxylation is 1. The van der Waals surface area contributed by atoms with Gasteiger partial charge < -0.3 is 0 Å². The number of rotatable bonds is 3. The predicted molar refractivity (Wildman–Crippen MR) is 93.9 cm³/mol. The molecule has 0 bridgehead atoms. The van der Waals surface area contributed by atoms with E-state index >= 15 is 0 Å². The molecule has 1 atom stereocenters. The average Bonchev–Trinajstić information content (AvgIpc) is 3.13. The average molecular weight is 326 g/mol. The van der Waals surface area contributed by atoms with Crippen LogP contribution in [0.25, 0.3) is 4.83 Å². The highest BCUT2D eigenvalue weighted by atomic mass is 32.1. The van der Waals surface area contributed by atoms with Crippen molar-refractivity contribution in [3.8, 4) is 0 Å². The summed E-state index contributed by atoms with van der Waals surface area (Å²) in [6, 6.07) is 4.18. The van der Waals surface area contributed by atoms with Crippen LogP contribution in [0.3, 0.4) is 0 Å². The van der Waals surface area contributed by atoms with Gasteiger partial charge in [-0.05, 0) is 37.9 Å². The summed E-state index contributed by atoms with van der Waals surface area (Å²) in [6.07, 6.45) is 8.38. The minimum Gasteiger partial charge on any atom is -0.298 e. The molecule has 3 aromatic rings. The first kappa shape index (κ1) is 14.8. The fourth-order valence-electron chi connectivity index (χ4n) is 3.78. The topological polar surface area (TPSA) is 33.4 Å². The van der Waals surface area contributed by atoms with Crippen LogP contribution in [-0.2, 0) is 12.0 Å². The summed E-state index contributed by atoms with van der Waals surface area (Å²) in [4.78, 5) is 13.0. The van der Waals surface area contributed by atoms with Gasteiger partial charge in [0.05, 0.1) is 5.69 Å². The van der Waals surface area contributed by atoms with E-state index in [1.807, 2.05) is 18.5 Å². The van der Waals surface area contributed by atoms with E-state index in [2.05, 4.69) is 45.8 Å². The second-order valence-corrected chi connectivity index (χ2v) is 7.72. The normalized spacial score (nSPS) is 22.7. The number of hydrogen-bond acceptors (Lipinski definition) is 4. The smallest absolute Gasteiger partial charge is 0.123 e. The van der Waals surface area contributed by atoms with Crippen LogP contribution < -0.4 is 0 Å². The molecule has 4 rings (SSSR count). The van der Waals surface area contributed by atoms with Gasteiger partial charge in [-0.1, -0.05) is 13.0 Å². The second kappa shape index (κ2) is 5.73. The molecule has 0 spiro atoms. The molecule has 120 valence electrons. The minimum atomic E-state index is 0.130. The third-order valence-corrected chi connectivity index (χ3v) is 5.78. The summed E-state index contributed by atoms with van der Waals surface area (Å²) in [6.45, 7) is 7.67. The van der Waals surface area contributed by atoms with E-state index < -0.39 is 0 Å². The lowest BCUT2D eigenvalue weighted by molar-refractivity contribution is 0.148. The number of pyridine rings is 1. The lowest BCUT2D eigenvalue weighted by Crippen LogP contribution is -2.44. The highest BCUT2D eigenvalue weighted by molar-refractivity contribution is 7.15. The van der Waals surface area contributed by atoms with Gasteiger partial charge in [0.2, 0.25) is 0 Å². The van der Waals surface area contributed by atoms with Crippen LogP contribution >= 0.6 is 11.3 Å². The van der Waals surface area contributed by atoms with Crippen molar-refractivity contribution in [2.24, 2.45) is 0 Å². The first-order valence-electron chi connectivity index (χ1n) is 8.20. The third kappa shape index (κ3) is 2.68. The molecule has 5 heteroatoms. The van der Waals surface area contributed by atoms with Crippen molar-refractivity contribution in [2.75, 3.05) is 13.1 Å². The predicted octanol–water partition coefficient (Wildman–Crippen LogP) is 3.65. The van der Waals surface area contributed by atoms with Crippen molar-refractivity contribution in [1.82, 2.24) is 19.3 Å². The molecule has 3 aromatic heterocycles. The molecule has 0 saturated carbocycles. The molecule has 0 aromatic carbocycles. The summed E-state index contributed by atoms with van der Waals surface area (Å²) in [5, 5.41) is 2.16. The van der Waals surface area contributed by atoms with Gasteiger partial charge in [0.15, 0.2) is 0 Å². The molecule has 0 amide bonds. The zero-order chi connectivity index (χ0) is 15.9. The molecule has 4 nitrogen and oxygen atoms in total. The Morgan fingerprint density at radius 3 is 3.13 bits per heavy atom. The van der Waals surface area contributed by atoms with Crippen molar-refractivity contribution in [1.29, 1.82) is 0 Å². The Balaban J connectivity index is 1.61. The van der Waals surface area contributed by atoms with E-state index in [9.17, 15) is 0 Å². The van der Waals surface area contributed by atoms with Crippen LogP contribution in [0.4, 0.5) is 0 Å². The van der Waals surface area contributed by atoms with Gasteiger partial charge in [0.1, 0.15) is 10.7 Å². The first-order valence-corrected chi connectivity index (χ1v) is 9.08. The molecule has 23 heavy (non-hydrogen) atoms. The molecule has 1 fully saturated rings. The summed E-state index contributed by atoms with van der Waals surface area (Å²) < 4.78 is 2.23. The maximum Gasteiger partial charge on any atom is 0.123 e. The SMILES string of the molecule is Cc1nc([C@]2(C)CCCN(Cc3cccnc3)C2)c2sccn12. The zero-order valence-corrected chi connectivity index (χ0v) is 14.5. The van der Waals surface area contributed by atoms with Crippen LogP contribution in [0.1, 0.15) is 36.8 Å². The van der Waals surface area contributed by atoms with Gasteiger partial charge in [-0.25, -0.2) is 4.98 Å². The van der Waals surface area contributed by atoms with Crippen molar-refractivity contribution in [3.05, 3.63) is 53.2 Å². The van der Waals surface area contributed by atoms with Gasteiger partial charge >= 0.3 is 0 Å². The fraction of sp³-hybridized carbons (Fsp3) is 0.444. The number of hydrogen-bond donors (Lipinski definition) is 0. The molecular weight excluding hydrogens is 304 g/mol. The Morgan fingerprint density at radius 2 is 2.30 bits per heavy atom. The Hall–Kier alpha value is -1.72. The summed E-state index contributed by atoms with van der Waals surface area (Å²) in [5.41, 5.74) is 2.70. The van der Waals surface area contributed by atoms with Crippen LogP contribution in [0.2, 0.25) is 0 Å². The maximum atomic E-state index is 4.92. The van der Waals surface area contributed by atoms with Crippen LogP contribution in [-0.4, -0.2) is 32.4 Å². The third-order valence-electron chi connectivity index (χ3n) is 4.91. The van der Waals surface area contributed by atoms with Gasteiger partial charge in [-0.3, -0.25) is 14.3 Å². The lowest BCUT2D eigenvalue weighted by Gasteiger charge is -2.39. The maximum absolute atomic E-state index is 4.92. The molecule has 0 unspecified atom stereocenters. The number of imidazole rings is 1. The molecule has 0 aliphatic carbocycles. The monoisotopic (exact) mass is 326 g/mol. The number of aromatic nitrogens is 3. The number of nitrogens with zero attached hydrogens (tertiary/aromatic N) is 4. The van der Waals surface area contributed by atoms with Crippen molar-refractivity contribution in [2.45, 2.75) is 38.6 Å². The highest BCUT2D eigenvalue weighted by Crippen LogP contribution is 2.37. The van der Waals surface area contributed by atoms with Gasteiger partial charge in [-0.15, -0.1) is 11.3 Å². The fourth-order valence-corrected chi connectivity index (χ4v) is 4.81. The molecular formula is C18H22N4S. The molecule has 0 radical (unpaired) electrons. The Kier molecular flexibility index (Phi) is 3.70. The molecule has 4 heterocycles.